The lowest BCUT2D eigenvalue weighted by molar-refractivity contribution is 0.0694. The number of phenolic OH excluding ortho intramolecular Hbond substituents is 1. The Morgan fingerprint density at radius 3 is 2.74 bits per heavy atom. The van der Waals surface area contributed by atoms with Gasteiger partial charge < -0.3 is 24.6 Å². The Labute approximate surface area is 114 Å². The normalized spacial score (nSPS) is 10.6. The highest BCUT2D eigenvalue weighted by molar-refractivity contribution is 5.39. The number of benzene rings is 1. The minimum absolute atomic E-state index is 0.282. The lowest BCUT2D eigenvalue weighted by Crippen LogP contribution is -2.17. The quantitative estimate of drug-likeness (QED) is 0.631. The second-order valence-electron chi connectivity index (χ2n) is 4.13. The molecule has 0 aliphatic carbocycles. The van der Waals surface area contributed by atoms with Crippen LogP contribution in [0, 0.1) is 0 Å². The van der Waals surface area contributed by atoms with Gasteiger partial charge in [0, 0.05) is 25.8 Å². The molecule has 0 bridgehead atoms. The maximum Gasteiger partial charge on any atom is 0.120 e. The first-order valence-electron chi connectivity index (χ1n) is 6.41. The van der Waals surface area contributed by atoms with E-state index >= 15 is 0 Å². The third-order valence-corrected chi connectivity index (χ3v) is 2.68. The number of aromatic hydroxyl groups is 1. The summed E-state index contributed by atoms with van der Waals surface area (Å²) in [5.74, 6) is 1.03. The van der Waals surface area contributed by atoms with Crippen molar-refractivity contribution in [1.29, 1.82) is 0 Å². The van der Waals surface area contributed by atoms with Crippen LogP contribution in [0.1, 0.15) is 12.0 Å². The van der Waals surface area contributed by atoms with E-state index < -0.39 is 0 Å². The van der Waals surface area contributed by atoms with E-state index in [-0.39, 0.29) is 5.75 Å². The van der Waals surface area contributed by atoms with Crippen LogP contribution in [0.15, 0.2) is 18.2 Å². The van der Waals surface area contributed by atoms with Gasteiger partial charge in [-0.1, -0.05) is 0 Å². The molecule has 0 spiro atoms. The van der Waals surface area contributed by atoms with Crippen LogP contribution >= 0.6 is 0 Å². The summed E-state index contributed by atoms with van der Waals surface area (Å²) in [5.41, 5.74) is 0.833. The van der Waals surface area contributed by atoms with Crippen molar-refractivity contribution in [3.05, 3.63) is 23.8 Å². The average Bonchev–Trinajstić information content (AvgIpc) is 2.43. The molecular formula is C14H23NO4. The first-order valence-corrected chi connectivity index (χ1v) is 6.41. The molecule has 1 aromatic carbocycles. The molecule has 108 valence electrons. The van der Waals surface area contributed by atoms with E-state index in [0.29, 0.717) is 26.4 Å². The van der Waals surface area contributed by atoms with Crippen LogP contribution in [0.4, 0.5) is 0 Å². The minimum atomic E-state index is 0.282. The Hall–Kier alpha value is -1.30. The van der Waals surface area contributed by atoms with E-state index in [2.05, 4.69) is 5.32 Å². The molecule has 0 atom stereocenters. The molecule has 1 rings (SSSR count). The number of methoxy groups -OCH3 is 2. The third-order valence-electron chi connectivity index (χ3n) is 2.68. The minimum Gasteiger partial charge on any atom is -0.508 e. The Morgan fingerprint density at radius 1 is 1.16 bits per heavy atom. The third kappa shape index (κ3) is 6.42. The van der Waals surface area contributed by atoms with E-state index in [1.165, 1.54) is 0 Å². The molecule has 0 aliphatic heterocycles. The van der Waals surface area contributed by atoms with Gasteiger partial charge >= 0.3 is 0 Å². The van der Waals surface area contributed by atoms with Crippen molar-refractivity contribution in [2.45, 2.75) is 13.0 Å². The lowest BCUT2D eigenvalue weighted by Gasteiger charge is -2.09. The summed E-state index contributed by atoms with van der Waals surface area (Å²) in [4.78, 5) is 0. The topological polar surface area (TPSA) is 60.0 Å². The van der Waals surface area contributed by atoms with Crippen LogP contribution in [0.5, 0.6) is 11.5 Å². The first-order chi connectivity index (χ1) is 9.27. The maximum absolute atomic E-state index is 9.70. The molecule has 2 N–H and O–H groups in total. The monoisotopic (exact) mass is 269 g/mol. The van der Waals surface area contributed by atoms with E-state index in [4.69, 9.17) is 14.2 Å². The molecular weight excluding hydrogens is 246 g/mol. The number of hydrogen-bond donors (Lipinski definition) is 2. The highest BCUT2D eigenvalue weighted by Gasteiger charge is 2.02. The molecule has 5 nitrogen and oxygen atoms in total. The Morgan fingerprint density at radius 2 is 2.00 bits per heavy atom. The van der Waals surface area contributed by atoms with Crippen molar-refractivity contribution >= 4 is 0 Å². The van der Waals surface area contributed by atoms with Gasteiger partial charge in [-0.15, -0.1) is 0 Å². The Kier molecular flexibility index (Phi) is 7.97. The molecule has 0 aromatic heterocycles. The summed E-state index contributed by atoms with van der Waals surface area (Å²) < 4.78 is 15.4. The fourth-order valence-electron chi connectivity index (χ4n) is 1.60. The predicted octanol–water partition coefficient (Wildman–Crippen LogP) is 1.54. The molecule has 0 radical (unpaired) electrons. The fraction of sp³-hybridized carbons (Fsp3) is 0.571. The van der Waals surface area contributed by atoms with Crippen molar-refractivity contribution in [2.24, 2.45) is 0 Å². The smallest absolute Gasteiger partial charge is 0.120 e. The summed E-state index contributed by atoms with van der Waals surface area (Å²) in [6.45, 7) is 3.42. The van der Waals surface area contributed by atoms with E-state index in [0.717, 1.165) is 24.3 Å². The highest BCUT2D eigenvalue weighted by atomic mass is 16.5. The van der Waals surface area contributed by atoms with Gasteiger partial charge in [-0.25, -0.2) is 0 Å². The second-order valence-corrected chi connectivity index (χ2v) is 4.13. The van der Waals surface area contributed by atoms with Crippen molar-refractivity contribution in [3.8, 4) is 11.5 Å². The Bertz CT molecular complexity index is 357. The van der Waals surface area contributed by atoms with Crippen LogP contribution in [0.3, 0.4) is 0 Å². The lowest BCUT2D eigenvalue weighted by atomic mass is 10.2. The summed E-state index contributed by atoms with van der Waals surface area (Å²) in [5, 5.41) is 13.0. The molecule has 0 aliphatic rings. The van der Waals surface area contributed by atoms with Crippen molar-refractivity contribution in [3.63, 3.8) is 0 Å². The summed E-state index contributed by atoms with van der Waals surface area (Å²) >= 11 is 0. The molecule has 0 saturated carbocycles. The second kappa shape index (κ2) is 9.61. The first kappa shape index (κ1) is 15.8. The molecule has 5 heteroatoms. The van der Waals surface area contributed by atoms with Gasteiger partial charge in [0.2, 0.25) is 0 Å². The van der Waals surface area contributed by atoms with Crippen LogP contribution in [-0.4, -0.2) is 45.7 Å². The van der Waals surface area contributed by atoms with Crippen LogP contribution < -0.4 is 10.1 Å². The molecule has 0 saturated heterocycles. The molecule has 1 aromatic rings. The maximum atomic E-state index is 9.70. The zero-order chi connectivity index (χ0) is 13.9. The van der Waals surface area contributed by atoms with Gasteiger partial charge in [-0.05, 0) is 31.2 Å². The van der Waals surface area contributed by atoms with Gasteiger partial charge in [0.05, 0.1) is 20.3 Å². The van der Waals surface area contributed by atoms with Gasteiger partial charge in [-0.2, -0.15) is 0 Å². The number of nitrogens with one attached hydrogen (secondary N) is 1. The number of ether oxygens (including phenoxy) is 3. The van der Waals surface area contributed by atoms with Gasteiger partial charge in [0.1, 0.15) is 11.5 Å². The summed E-state index contributed by atoms with van der Waals surface area (Å²) in [6.07, 6.45) is 0.925. The summed E-state index contributed by atoms with van der Waals surface area (Å²) in [7, 11) is 3.27. The Balaban J connectivity index is 2.15. The molecule has 0 unspecified atom stereocenters. The number of phenols is 1. The molecule has 0 heterocycles. The zero-order valence-electron chi connectivity index (χ0n) is 11.6. The molecule has 0 fully saturated rings. The van der Waals surface area contributed by atoms with E-state index in [1.807, 2.05) is 6.07 Å². The largest absolute Gasteiger partial charge is 0.508 e. The SMILES string of the molecule is COCCOCCCNCc1cc(OC)ccc1O. The zero-order valence-corrected chi connectivity index (χ0v) is 11.6. The molecule has 19 heavy (non-hydrogen) atoms. The van der Waals surface area contributed by atoms with Crippen molar-refractivity contribution < 1.29 is 19.3 Å². The summed E-state index contributed by atoms with van der Waals surface area (Å²) in [6, 6.07) is 5.21. The average molecular weight is 269 g/mol. The predicted molar refractivity (Wildman–Crippen MR) is 73.7 cm³/mol. The van der Waals surface area contributed by atoms with E-state index in [9.17, 15) is 5.11 Å². The van der Waals surface area contributed by atoms with Crippen LogP contribution in [0.2, 0.25) is 0 Å². The van der Waals surface area contributed by atoms with Gasteiger partial charge in [0.15, 0.2) is 0 Å². The van der Waals surface area contributed by atoms with Crippen LogP contribution in [-0.2, 0) is 16.0 Å². The standard InChI is InChI=1S/C14H23NO4/c1-17-8-9-19-7-3-6-15-11-12-10-13(18-2)4-5-14(12)16/h4-5,10,15-16H,3,6-9,11H2,1-2H3. The fourth-order valence-corrected chi connectivity index (χ4v) is 1.60. The van der Waals surface area contributed by atoms with Crippen LogP contribution in [0.25, 0.3) is 0 Å². The van der Waals surface area contributed by atoms with Gasteiger partial charge in [0.25, 0.3) is 0 Å². The number of rotatable bonds is 10. The van der Waals surface area contributed by atoms with E-state index in [1.54, 1.807) is 26.4 Å². The number of hydrogen-bond acceptors (Lipinski definition) is 5. The van der Waals surface area contributed by atoms with Crippen molar-refractivity contribution in [1.82, 2.24) is 5.32 Å². The van der Waals surface area contributed by atoms with Crippen molar-refractivity contribution in [2.75, 3.05) is 40.6 Å². The highest BCUT2D eigenvalue weighted by Crippen LogP contribution is 2.22. The van der Waals surface area contributed by atoms with Gasteiger partial charge in [-0.3, -0.25) is 0 Å². The molecule has 0 amide bonds.